The Kier molecular flexibility index (Phi) is 6.25. The molecule has 2 aliphatic rings. The minimum Gasteiger partial charge on any atom is -0.381 e. The molecule has 0 spiro atoms. The Morgan fingerprint density at radius 1 is 1.14 bits per heavy atom. The maximum Gasteiger partial charge on any atom is 0.267 e. The van der Waals surface area contributed by atoms with E-state index in [0.717, 1.165) is 56.8 Å². The van der Waals surface area contributed by atoms with Gasteiger partial charge in [-0.2, -0.15) is 0 Å². The number of benzene rings is 1. The van der Waals surface area contributed by atoms with Crippen LogP contribution in [0.15, 0.2) is 41.6 Å². The van der Waals surface area contributed by atoms with Crippen LogP contribution >= 0.6 is 0 Å². The molecule has 1 aliphatic carbocycles. The fourth-order valence-corrected chi connectivity index (χ4v) is 5.94. The molecule has 0 unspecified atom stereocenters. The van der Waals surface area contributed by atoms with Crippen LogP contribution in [0.25, 0.3) is 11.0 Å². The molecule has 2 aromatic heterocycles. The Bertz CT molecular complexity index is 1340. The largest absolute Gasteiger partial charge is 0.381 e. The smallest absolute Gasteiger partial charge is 0.267 e. The maximum absolute atomic E-state index is 13.4. The minimum absolute atomic E-state index is 0.0751. The van der Waals surface area contributed by atoms with Crippen molar-refractivity contribution in [2.75, 3.05) is 13.2 Å². The van der Waals surface area contributed by atoms with Crippen LogP contribution in [-0.4, -0.2) is 47.1 Å². The number of carbonyl (C=O) groups is 1. The lowest BCUT2D eigenvalue weighted by atomic mass is 9.94. The highest BCUT2D eigenvalue weighted by Crippen LogP contribution is 2.31. The third-order valence-corrected chi connectivity index (χ3v) is 8.42. The fourth-order valence-electron chi connectivity index (χ4n) is 4.70. The van der Waals surface area contributed by atoms with Gasteiger partial charge in [0.1, 0.15) is 5.82 Å². The number of hydrogen-bond acceptors (Lipinski definition) is 5. The number of fused-ring (bicyclic) bond motifs is 1. The molecule has 2 fully saturated rings. The molecule has 0 bridgehead atoms. The zero-order chi connectivity index (χ0) is 24.8. The van der Waals surface area contributed by atoms with Crippen molar-refractivity contribution in [1.82, 2.24) is 18.8 Å². The number of rotatable bonds is 7. The van der Waals surface area contributed by atoms with Gasteiger partial charge in [0.2, 0.25) is 5.91 Å². The first-order chi connectivity index (χ1) is 16.6. The first kappa shape index (κ1) is 24.1. The molecule has 5 rings (SSSR count). The van der Waals surface area contributed by atoms with Gasteiger partial charge in [-0.25, -0.2) is 17.4 Å². The molecule has 1 aliphatic heterocycles. The summed E-state index contributed by atoms with van der Waals surface area (Å²) in [5, 5.41) is 2.94. The van der Waals surface area contributed by atoms with E-state index in [0.29, 0.717) is 17.0 Å². The van der Waals surface area contributed by atoms with E-state index in [-0.39, 0.29) is 28.7 Å². The average Bonchev–Trinajstić information content (AvgIpc) is 3.35. The molecule has 8 nitrogen and oxygen atoms in total. The van der Waals surface area contributed by atoms with Crippen molar-refractivity contribution >= 4 is 27.0 Å². The highest BCUT2D eigenvalue weighted by atomic mass is 32.2. The van der Waals surface area contributed by atoms with Crippen molar-refractivity contribution < 1.29 is 17.9 Å². The van der Waals surface area contributed by atoms with Crippen molar-refractivity contribution in [2.45, 2.75) is 75.8 Å². The van der Waals surface area contributed by atoms with Gasteiger partial charge in [0, 0.05) is 43.6 Å². The second-order valence-electron chi connectivity index (χ2n) is 10.9. The molecule has 1 saturated carbocycles. The van der Waals surface area contributed by atoms with Crippen LogP contribution in [0, 0.1) is 5.92 Å². The predicted octanol–water partition coefficient (Wildman–Crippen LogP) is 3.62. The van der Waals surface area contributed by atoms with Gasteiger partial charge in [0.25, 0.3) is 10.0 Å². The van der Waals surface area contributed by atoms with Crippen LogP contribution in [0.3, 0.4) is 0 Å². The monoisotopic (exact) mass is 498 g/mol. The Hall–Kier alpha value is -2.65. The SMILES string of the molecule is CC(C)(C)c1nc2cc(S(=O)(=O)n3ccc(CC(=O)NC4CC4)c3)ccc2n1CC1CCOCC1. The highest BCUT2D eigenvalue weighted by Gasteiger charge is 2.27. The molecule has 1 saturated heterocycles. The van der Waals surface area contributed by atoms with Crippen molar-refractivity contribution in [2.24, 2.45) is 5.92 Å². The average molecular weight is 499 g/mol. The molecule has 35 heavy (non-hydrogen) atoms. The first-order valence-corrected chi connectivity index (χ1v) is 13.9. The van der Waals surface area contributed by atoms with Crippen LogP contribution in [0.1, 0.15) is 57.8 Å². The first-order valence-electron chi connectivity index (χ1n) is 12.4. The van der Waals surface area contributed by atoms with E-state index in [4.69, 9.17) is 9.72 Å². The summed E-state index contributed by atoms with van der Waals surface area (Å²) in [6.45, 7) is 8.81. The molecule has 188 valence electrons. The second kappa shape index (κ2) is 9.09. The van der Waals surface area contributed by atoms with Crippen molar-refractivity contribution in [1.29, 1.82) is 0 Å². The molecule has 3 aromatic rings. The Morgan fingerprint density at radius 2 is 1.89 bits per heavy atom. The number of carbonyl (C=O) groups excluding carboxylic acids is 1. The van der Waals surface area contributed by atoms with E-state index in [9.17, 15) is 13.2 Å². The third kappa shape index (κ3) is 5.16. The van der Waals surface area contributed by atoms with Crippen LogP contribution in [-0.2, 0) is 37.9 Å². The number of nitrogens with one attached hydrogen (secondary N) is 1. The van der Waals surface area contributed by atoms with Crippen molar-refractivity contribution in [3.63, 3.8) is 0 Å². The van der Waals surface area contributed by atoms with Gasteiger partial charge < -0.3 is 14.6 Å². The molecule has 1 aromatic carbocycles. The lowest BCUT2D eigenvalue weighted by Crippen LogP contribution is -2.26. The summed E-state index contributed by atoms with van der Waals surface area (Å²) >= 11 is 0. The Labute approximate surface area is 206 Å². The van der Waals surface area contributed by atoms with E-state index in [1.807, 2.05) is 6.07 Å². The quantitative estimate of drug-likeness (QED) is 0.537. The molecular formula is C26H34N4O4S. The number of imidazole rings is 1. The van der Waals surface area contributed by atoms with Gasteiger partial charge in [-0.05, 0) is 61.4 Å². The van der Waals surface area contributed by atoms with Gasteiger partial charge in [-0.3, -0.25) is 4.79 Å². The number of hydrogen-bond donors (Lipinski definition) is 1. The number of amides is 1. The summed E-state index contributed by atoms with van der Waals surface area (Å²) in [5.41, 5.74) is 2.12. The Balaban J connectivity index is 1.44. The molecular weight excluding hydrogens is 464 g/mol. The van der Waals surface area contributed by atoms with Gasteiger partial charge in [0.15, 0.2) is 0 Å². The third-order valence-electron chi connectivity index (χ3n) is 6.78. The number of ether oxygens (including phenoxy) is 1. The minimum atomic E-state index is -3.80. The highest BCUT2D eigenvalue weighted by molar-refractivity contribution is 7.90. The second-order valence-corrected chi connectivity index (χ2v) is 12.7. The maximum atomic E-state index is 13.4. The van der Waals surface area contributed by atoms with Gasteiger partial charge in [-0.1, -0.05) is 20.8 Å². The van der Waals surface area contributed by atoms with Crippen LogP contribution in [0.4, 0.5) is 0 Å². The summed E-state index contributed by atoms with van der Waals surface area (Å²) in [5.74, 6) is 1.40. The van der Waals surface area contributed by atoms with E-state index < -0.39 is 10.0 Å². The van der Waals surface area contributed by atoms with Crippen molar-refractivity contribution in [3.05, 3.63) is 48.0 Å². The topological polar surface area (TPSA) is 95.2 Å². The molecule has 0 radical (unpaired) electrons. The predicted molar refractivity (Wildman–Crippen MR) is 134 cm³/mol. The summed E-state index contributed by atoms with van der Waals surface area (Å²) in [7, 11) is -3.80. The van der Waals surface area contributed by atoms with Crippen molar-refractivity contribution in [3.8, 4) is 0 Å². The molecule has 1 amide bonds. The van der Waals surface area contributed by atoms with Gasteiger partial charge in [0.05, 0.1) is 22.3 Å². The normalized spacial score (nSPS) is 17.7. The zero-order valence-electron chi connectivity index (χ0n) is 20.7. The van der Waals surface area contributed by atoms with E-state index >= 15 is 0 Å². The summed E-state index contributed by atoms with van der Waals surface area (Å²) < 4.78 is 35.7. The van der Waals surface area contributed by atoms with Crippen LogP contribution in [0.5, 0.6) is 0 Å². The van der Waals surface area contributed by atoms with Gasteiger partial charge >= 0.3 is 0 Å². The molecule has 0 atom stereocenters. The summed E-state index contributed by atoms with van der Waals surface area (Å²) in [6, 6.07) is 7.16. The van der Waals surface area contributed by atoms with Gasteiger partial charge in [-0.15, -0.1) is 0 Å². The zero-order valence-corrected chi connectivity index (χ0v) is 21.5. The van der Waals surface area contributed by atoms with E-state index in [2.05, 4.69) is 30.7 Å². The van der Waals surface area contributed by atoms with Crippen LogP contribution in [0.2, 0.25) is 0 Å². The fraction of sp³-hybridized carbons (Fsp3) is 0.538. The van der Waals surface area contributed by atoms with Crippen LogP contribution < -0.4 is 5.32 Å². The molecule has 1 N–H and O–H groups in total. The number of aromatic nitrogens is 3. The van der Waals surface area contributed by atoms with E-state index in [1.54, 1.807) is 18.2 Å². The summed E-state index contributed by atoms with van der Waals surface area (Å²) in [6.07, 6.45) is 7.27. The Morgan fingerprint density at radius 3 is 2.57 bits per heavy atom. The lowest BCUT2D eigenvalue weighted by Gasteiger charge is -2.26. The molecule has 9 heteroatoms. The standard InChI is InChI=1S/C26H34N4O4S/c1-26(2,3)25-28-22-15-21(6-7-23(22)30(25)17-18-9-12-34-13-10-18)35(32,33)29-11-8-19(16-29)14-24(31)27-20-4-5-20/h6-8,11,15-16,18,20H,4-5,9-10,12-14,17H2,1-3H3,(H,27,31). The summed E-state index contributed by atoms with van der Waals surface area (Å²) in [4.78, 5) is 17.2. The lowest BCUT2D eigenvalue weighted by molar-refractivity contribution is -0.120. The van der Waals surface area contributed by atoms with E-state index in [1.165, 1.54) is 16.4 Å². The number of nitrogens with zero attached hydrogens (tertiary/aromatic N) is 3. The molecule has 3 heterocycles.